The van der Waals surface area contributed by atoms with Gasteiger partial charge in [-0.15, -0.1) is 5.11 Å². The summed E-state index contributed by atoms with van der Waals surface area (Å²) in [6.07, 6.45) is 0. The summed E-state index contributed by atoms with van der Waals surface area (Å²) in [5.74, 6) is -2.70. The number of benzene rings is 5. The first-order valence-electron chi connectivity index (χ1n) is 12.1. The molecule has 0 radical (unpaired) electrons. The van der Waals surface area contributed by atoms with Crippen molar-refractivity contribution in [3.63, 3.8) is 0 Å². The van der Waals surface area contributed by atoms with Crippen LogP contribution in [0.3, 0.4) is 0 Å². The zero-order chi connectivity index (χ0) is 30.0. The second-order valence-electron chi connectivity index (χ2n) is 8.95. The zero-order valence-electron chi connectivity index (χ0n) is 23.4. The number of anilines is 1. The van der Waals surface area contributed by atoms with Crippen LogP contribution in [-0.2, 0) is 10.1 Å². The van der Waals surface area contributed by atoms with Crippen molar-refractivity contribution in [2.24, 2.45) is 20.5 Å². The standard InChI is InChI=1S/C29H21N5O7S.2Na/c30-24-3-1-2-21-22(24)15-26(42(39,40)41)27(28(21)36)34-32-19-10-6-17(7-11-19)16-4-8-18(9-5-16)31-33-20-12-13-25(35)23(14-20)29(37)38;;/h1-15,35-36H,30H2,(H,37,38)(H,39,40,41);;/q;2*+1/p-2. The maximum absolute atomic E-state index is 13.0. The molecule has 5 rings (SSSR count). The molecule has 210 valence electrons. The smallest absolute Gasteiger partial charge is 0.872 e. The molecule has 0 atom stereocenters. The van der Waals surface area contributed by atoms with Gasteiger partial charge in [0.05, 0.1) is 28.3 Å². The van der Waals surface area contributed by atoms with Crippen molar-refractivity contribution in [2.75, 3.05) is 5.73 Å². The topological polar surface area (TPSA) is 213 Å². The van der Waals surface area contributed by atoms with Gasteiger partial charge in [0.15, 0.2) is 0 Å². The molecule has 0 heterocycles. The maximum Gasteiger partial charge on any atom is 1.00 e. The second kappa shape index (κ2) is 14.4. The van der Waals surface area contributed by atoms with E-state index in [2.05, 4.69) is 20.5 Å². The molecule has 15 heteroatoms. The van der Waals surface area contributed by atoms with Gasteiger partial charge in [0.1, 0.15) is 4.90 Å². The van der Waals surface area contributed by atoms with E-state index in [-0.39, 0.29) is 86.8 Å². The zero-order valence-corrected chi connectivity index (χ0v) is 28.2. The normalized spacial score (nSPS) is 11.4. The summed E-state index contributed by atoms with van der Waals surface area (Å²) in [4.78, 5) is 10.4. The number of azo groups is 2. The molecule has 0 bridgehead atoms. The predicted molar refractivity (Wildman–Crippen MR) is 151 cm³/mol. The summed E-state index contributed by atoms with van der Waals surface area (Å²) in [5.41, 5.74) is 7.79. The van der Waals surface area contributed by atoms with Crippen molar-refractivity contribution in [3.8, 4) is 22.6 Å². The number of hydrogen-bond donors (Lipinski definition) is 3. The molecular weight excluding hydrogens is 608 g/mol. The van der Waals surface area contributed by atoms with Crippen molar-refractivity contribution in [1.82, 2.24) is 0 Å². The monoisotopic (exact) mass is 627 g/mol. The molecule has 0 unspecified atom stereocenters. The van der Waals surface area contributed by atoms with E-state index in [0.717, 1.165) is 29.3 Å². The van der Waals surface area contributed by atoms with Crippen LogP contribution in [0.25, 0.3) is 21.9 Å². The number of carboxylic acids is 1. The number of nitrogens with zero attached hydrogens (tertiary/aromatic N) is 4. The molecule has 0 amide bonds. The van der Waals surface area contributed by atoms with Crippen molar-refractivity contribution < 1.29 is 92.2 Å². The fraction of sp³-hybridized carbons (Fsp3) is 0. The van der Waals surface area contributed by atoms with Crippen LogP contribution < -0.4 is 75.1 Å². The fourth-order valence-corrected chi connectivity index (χ4v) is 4.73. The summed E-state index contributed by atoms with van der Waals surface area (Å²) < 4.78 is 33.7. The minimum absolute atomic E-state index is 0. The van der Waals surface area contributed by atoms with Crippen LogP contribution in [0.15, 0.2) is 116 Å². The first-order chi connectivity index (χ1) is 20.0. The molecule has 0 fully saturated rings. The van der Waals surface area contributed by atoms with Gasteiger partial charge in [0.2, 0.25) is 0 Å². The van der Waals surface area contributed by atoms with Crippen LogP contribution in [0, 0.1) is 0 Å². The average molecular weight is 628 g/mol. The van der Waals surface area contributed by atoms with E-state index in [1.807, 2.05) is 0 Å². The number of aromatic carboxylic acids is 1. The van der Waals surface area contributed by atoms with E-state index < -0.39 is 38.2 Å². The van der Waals surface area contributed by atoms with Crippen molar-refractivity contribution >= 4 is 55.3 Å². The Bertz CT molecular complexity index is 2020. The summed E-state index contributed by atoms with van der Waals surface area (Å²) >= 11 is 0. The Labute approximate surface area is 295 Å². The largest absolute Gasteiger partial charge is 1.00 e. The summed E-state index contributed by atoms with van der Waals surface area (Å²) in [6, 6.07) is 23.0. The van der Waals surface area contributed by atoms with Crippen LogP contribution in [0.1, 0.15) is 10.4 Å². The molecule has 0 aliphatic heterocycles. The van der Waals surface area contributed by atoms with Gasteiger partial charge in [-0.3, -0.25) is 4.55 Å². The number of nitrogens with two attached hydrogens (primary N) is 1. The average Bonchev–Trinajstić information content (AvgIpc) is 2.96. The van der Waals surface area contributed by atoms with Crippen molar-refractivity contribution in [1.29, 1.82) is 0 Å². The Balaban J connectivity index is 0.00000264. The molecule has 5 aromatic carbocycles. The molecule has 0 saturated carbocycles. The molecule has 5 aromatic rings. The maximum atomic E-state index is 13.0. The summed E-state index contributed by atoms with van der Waals surface area (Å²) in [6.45, 7) is 0. The molecule has 4 N–H and O–H groups in total. The van der Waals surface area contributed by atoms with E-state index >= 15 is 0 Å². The molecule has 0 spiro atoms. The minimum atomic E-state index is -4.80. The first kappa shape index (κ1) is 34.8. The van der Waals surface area contributed by atoms with Gasteiger partial charge < -0.3 is 21.1 Å². The van der Waals surface area contributed by atoms with Crippen LogP contribution in [-0.4, -0.2) is 24.0 Å². The third kappa shape index (κ3) is 7.70. The molecule has 0 aromatic heterocycles. The quantitative estimate of drug-likeness (QED) is 0.0966. The van der Waals surface area contributed by atoms with Gasteiger partial charge in [0.25, 0.3) is 10.1 Å². The number of nitrogen functional groups attached to an aromatic ring is 1. The van der Waals surface area contributed by atoms with Gasteiger partial charge in [-0.2, -0.15) is 23.8 Å². The fourth-order valence-electron chi connectivity index (χ4n) is 4.08. The molecule has 44 heavy (non-hydrogen) atoms. The van der Waals surface area contributed by atoms with Gasteiger partial charge in [0, 0.05) is 11.1 Å². The van der Waals surface area contributed by atoms with Gasteiger partial charge in [-0.1, -0.05) is 54.0 Å². The number of rotatable bonds is 7. The Morgan fingerprint density at radius 3 is 1.77 bits per heavy atom. The Kier molecular flexibility index (Phi) is 11.4. The van der Waals surface area contributed by atoms with Crippen LogP contribution >= 0.6 is 0 Å². The molecule has 0 saturated heterocycles. The number of carbonyl (C=O) groups is 1. The Morgan fingerprint density at radius 2 is 1.23 bits per heavy atom. The summed E-state index contributed by atoms with van der Waals surface area (Å²) in [5, 5.41) is 49.9. The van der Waals surface area contributed by atoms with Crippen LogP contribution in [0.2, 0.25) is 0 Å². The Hall–Kier alpha value is -3.66. The third-order valence-electron chi connectivity index (χ3n) is 6.19. The van der Waals surface area contributed by atoms with E-state index in [1.165, 1.54) is 18.2 Å². The Morgan fingerprint density at radius 1 is 0.705 bits per heavy atom. The third-order valence-corrected chi connectivity index (χ3v) is 7.06. The molecular formula is C29H19N5Na2O7S. The van der Waals surface area contributed by atoms with Crippen LogP contribution in [0.5, 0.6) is 11.5 Å². The van der Waals surface area contributed by atoms with Crippen LogP contribution in [0.4, 0.5) is 28.4 Å². The van der Waals surface area contributed by atoms with E-state index in [9.17, 15) is 28.0 Å². The first-order valence-corrected chi connectivity index (χ1v) is 13.5. The SMILES string of the molecule is Nc1cccc2c([O-])c(N=Nc3ccc(-c4ccc(N=Nc5ccc([O-])c(C(=O)O)c5)cc4)cc3)c(S(=O)(=O)O)cc12.[Na+].[Na+]. The van der Waals surface area contributed by atoms with Gasteiger partial charge in [-0.25, -0.2) is 4.79 Å². The number of fused-ring (bicyclic) bond motifs is 1. The van der Waals surface area contributed by atoms with E-state index in [4.69, 9.17) is 10.8 Å². The van der Waals surface area contributed by atoms with Gasteiger partial charge >= 0.3 is 65.1 Å². The minimum Gasteiger partial charge on any atom is -0.872 e. The van der Waals surface area contributed by atoms with Crippen molar-refractivity contribution in [3.05, 3.63) is 96.6 Å². The van der Waals surface area contributed by atoms with Crippen molar-refractivity contribution in [2.45, 2.75) is 4.90 Å². The van der Waals surface area contributed by atoms with Gasteiger partial charge in [-0.05, 0) is 65.0 Å². The molecule has 0 aliphatic carbocycles. The predicted octanol–water partition coefficient (Wildman–Crippen LogP) is 0.0199. The number of carboxylic acid groups (broad SMARTS) is 1. The number of hydrogen-bond acceptors (Lipinski definition) is 10. The molecule has 12 nitrogen and oxygen atoms in total. The van der Waals surface area contributed by atoms with E-state index in [0.29, 0.717) is 11.4 Å². The second-order valence-corrected chi connectivity index (χ2v) is 10.3. The van der Waals surface area contributed by atoms with E-state index in [1.54, 1.807) is 54.6 Å². The summed E-state index contributed by atoms with van der Waals surface area (Å²) in [7, 11) is -4.80. The molecule has 0 aliphatic rings.